The Balaban J connectivity index is 2.87. The van der Waals surface area contributed by atoms with Crippen molar-refractivity contribution in [3.8, 4) is 0 Å². The fraction of sp³-hybridized carbons (Fsp3) is 0.786. The van der Waals surface area contributed by atoms with Gasteiger partial charge in [0, 0.05) is 13.3 Å². The molecule has 6 atom stereocenters. The summed E-state index contributed by atoms with van der Waals surface area (Å²) >= 11 is 0. The minimum Gasteiger partial charge on any atom is -0.394 e. The monoisotopic (exact) mass is 303 g/mol. The molecule has 0 spiro atoms. The molecule has 0 aromatic heterocycles. The summed E-state index contributed by atoms with van der Waals surface area (Å²) < 4.78 is 5.55. The van der Waals surface area contributed by atoms with Crippen LogP contribution in [0, 0.1) is 0 Å². The van der Waals surface area contributed by atoms with E-state index in [0.717, 1.165) is 0 Å². The van der Waals surface area contributed by atoms with E-state index in [1.165, 1.54) is 6.92 Å². The molecule has 0 bridgehead atoms. The van der Waals surface area contributed by atoms with E-state index in [2.05, 4.69) is 11.9 Å². The number of carbonyl (C=O) groups is 1. The predicted molar refractivity (Wildman–Crippen MR) is 75.4 cm³/mol. The van der Waals surface area contributed by atoms with E-state index < -0.39 is 42.7 Å². The minimum absolute atomic E-state index is 0.148. The second-order valence-corrected chi connectivity index (χ2v) is 5.80. The van der Waals surface area contributed by atoms with E-state index in [1.807, 2.05) is 0 Å². The molecule has 1 saturated heterocycles. The van der Waals surface area contributed by atoms with Crippen LogP contribution in [0.2, 0.25) is 0 Å². The van der Waals surface area contributed by atoms with Gasteiger partial charge in [-0.3, -0.25) is 4.79 Å². The van der Waals surface area contributed by atoms with Gasteiger partial charge >= 0.3 is 0 Å². The normalized spacial score (nSPS) is 33.2. The fourth-order valence-corrected chi connectivity index (χ4v) is 2.63. The Labute approximate surface area is 124 Å². The molecular weight excluding hydrogens is 278 g/mol. The number of carbonyl (C=O) groups excluding carboxylic acids is 1. The van der Waals surface area contributed by atoms with Gasteiger partial charge in [0.2, 0.25) is 5.91 Å². The van der Waals surface area contributed by atoms with Crippen molar-refractivity contribution in [2.24, 2.45) is 0 Å². The molecule has 0 aromatic rings. The summed E-state index contributed by atoms with van der Waals surface area (Å²) in [6.07, 6.45) is -2.08. The zero-order valence-electron chi connectivity index (χ0n) is 12.4. The Kier molecular flexibility index (Phi) is 6.30. The fourth-order valence-electron chi connectivity index (χ4n) is 2.63. The Hall–Kier alpha value is -0.990. The van der Waals surface area contributed by atoms with Crippen LogP contribution in [-0.2, 0) is 9.53 Å². The number of ether oxygens (including phenoxy) is 1. The van der Waals surface area contributed by atoms with E-state index in [-0.39, 0.29) is 12.3 Å². The van der Waals surface area contributed by atoms with Gasteiger partial charge in [0.15, 0.2) is 0 Å². The van der Waals surface area contributed by atoms with Crippen LogP contribution in [0.3, 0.4) is 0 Å². The van der Waals surface area contributed by atoms with Crippen LogP contribution in [0.15, 0.2) is 12.7 Å². The molecule has 7 nitrogen and oxygen atoms in total. The second-order valence-electron chi connectivity index (χ2n) is 5.80. The highest BCUT2D eigenvalue weighted by Gasteiger charge is 2.48. The highest BCUT2D eigenvalue weighted by molar-refractivity contribution is 5.73. The predicted octanol–water partition coefficient (Wildman–Crippen LogP) is -1.31. The molecule has 7 heteroatoms. The maximum absolute atomic E-state index is 11.3. The molecule has 1 amide bonds. The number of hydrogen-bond donors (Lipinski definition) is 5. The van der Waals surface area contributed by atoms with E-state index >= 15 is 0 Å². The maximum Gasteiger partial charge on any atom is 0.217 e. The molecule has 0 saturated carbocycles. The number of amides is 1. The third-order valence-electron chi connectivity index (χ3n) is 3.60. The molecule has 0 radical (unpaired) electrons. The van der Waals surface area contributed by atoms with Crippen LogP contribution in [0.1, 0.15) is 26.7 Å². The summed E-state index contributed by atoms with van der Waals surface area (Å²) in [5, 5.41) is 41.7. The molecule has 1 heterocycles. The van der Waals surface area contributed by atoms with Gasteiger partial charge in [-0.2, -0.15) is 0 Å². The van der Waals surface area contributed by atoms with Gasteiger partial charge in [-0.1, -0.05) is 6.08 Å². The first-order valence-corrected chi connectivity index (χ1v) is 6.94. The standard InChI is InChI=1S/C14H25NO6/c1-4-5-14(3,20)6-10-11(15-8(2)17)12(19)13(21-10)9(18)7-16/h4,9-13,16,18-20H,1,5-7H2,2-3H3,(H,15,17)/t9-,10-,11-,12-,13-,14?/m1/s1. The topological polar surface area (TPSA) is 119 Å². The first kappa shape index (κ1) is 18.1. The zero-order valence-corrected chi connectivity index (χ0v) is 12.4. The molecular formula is C14H25NO6. The van der Waals surface area contributed by atoms with Gasteiger partial charge in [-0.15, -0.1) is 6.58 Å². The molecule has 0 aliphatic carbocycles. The lowest BCUT2D eigenvalue weighted by Gasteiger charge is -2.28. The lowest BCUT2D eigenvalue weighted by atomic mass is 9.90. The Morgan fingerprint density at radius 3 is 2.67 bits per heavy atom. The van der Waals surface area contributed by atoms with E-state index in [9.17, 15) is 20.1 Å². The molecule has 5 N–H and O–H groups in total. The summed E-state index contributed by atoms with van der Waals surface area (Å²) in [4.78, 5) is 11.3. The van der Waals surface area contributed by atoms with Gasteiger partial charge in [-0.25, -0.2) is 0 Å². The number of aliphatic hydroxyl groups excluding tert-OH is 3. The van der Waals surface area contributed by atoms with Crippen molar-refractivity contribution in [1.29, 1.82) is 0 Å². The average Bonchev–Trinajstić information content (AvgIpc) is 2.65. The van der Waals surface area contributed by atoms with Crippen molar-refractivity contribution in [3.05, 3.63) is 12.7 Å². The molecule has 1 fully saturated rings. The quantitative estimate of drug-likeness (QED) is 0.373. The molecule has 122 valence electrons. The lowest BCUT2D eigenvalue weighted by Crippen LogP contribution is -2.50. The Morgan fingerprint density at radius 1 is 1.57 bits per heavy atom. The second kappa shape index (κ2) is 7.33. The summed E-state index contributed by atoms with van der Waals surface area (Å²) in [5.74, 6) is -0.352. The van der Waals surface area contributed by atoms with Crippen LogP contribution in [-0.4, -0.2) is 69.0 Å². The molecule has 0 aromatic carbocycles. The van der Waals surface area contributed by atoms with Gasteiger partial charge in [0.25, 0.3) is 0 Å². The highest BCUT2D eigenvalue weighted by atomic mass is 16.5. The maximum atomic E-state index is 11.3. The van der Waals surface area contributed by atoms with E-state index in [4.69, 9.17) is 9.84 Å². The van der Waals surface area contributed by atoms with E-state index in [0.29, 0.717) is 6.42 Å². The number of hydrogen-bond acceptors (Lipinski definition) is 6. The van der Waals surface area contributed by atoms with Crippen molar-refractivity contribution in [2.75, 3.05) is 6.61 Å². The number of aliphatic hydroxyl groups is 4. The van der Waals surface area contributed by atoms with Crippen LogP contribution in [0.5, 0.6) is 0 Å². The SMILES string of the molecule is C=CCC(C)(O)C[C@H]1O[C@H]([C@H](O)CO)[C@H](O)[C@@H]1NC(C)=O. The zero-order chi connectivity index (χ0) is 16.2. The third kappa shape index (κ3) is 4.76. The van der Waals surface area contributed by atoms with Crippen molar-refractivity contribution in [1.82, 2.24) is 5.32 Å². The molecule has 1 rings (SSSR count). The molecule has 1 aliphatic rings. The summed E-state index contributed by atoms with van der Waals surface area (Å²) in [6, 6.07) is -0.759. The molecule has 21 heavy (non-hydrogen) atoms. The van der Waals surface area contributed by atoms with E-state index in [1.54, 1.807) is 13.0 Å². The van der Waals surface area contributed by atoms with Crippen molar-refractivity contribution < 1.29 is 30.0 Å². The third-order valence-corrected chi connectivity index (χ3v) is 3.60. The largest absolute Gasteiger partial charge is 0.394 e. The smallest absolute Gasteiger partial charge is 0.217 e. The van der Waals surface area contributed by atoms with Gasteiger partial charge in [0.05, 0.1) is 24.4 Å². The molecule has 1 aliphatic heterocycles. The van der Waals surface area contributed by atoms with Crippen molar-refractivity contribution in [2.45, 2.75) is 62.7 Å². The average molecular weight is 303 g/mol. The van der Waals surface area contributed by atoms with Crippen LogP contribution >= 0.6 is 0 Å². The minimum atomic E-state index is -1.26. The summed E-state index contributed by atoms with van der Waals surface area (Å²) in [7, 11) is 0. The Bertz CT molecular complexity index is 372. The lowest BCUT2D eigenvalue weighted by molar-refractivity contribution is -0.121. The van der Waals surface area contributed by atoms with Crippen molar-refractivity contribution in [3.63, 3.8) is 0 Å². The van der Waals surface area contributed by atoms with Gasteiger partial charge in [-0.05, 0) is 13.3 Å². The first-order chi connectivity index (χ1) is 9.71. The number of rotatable bonds is 7. The van der Waals surface area contributed by atoms with Gasteiger partial charge in [0.1, 0.15) is 18.3 Å². The highest BCUT2D eigenvalue weighted by Crippen LogP contribution is 2.30. The summed E-state index contributed by atoms with van der Waals surface area (Å²) in [5.41, 5.74) is -1.11. The van der Waals surface area contributed by atoms with Gasteiger partial charge < -0.3 is 30.5 Å². The van der Waals surface area contributed by atoms with Crippen LogP contribution in [0.25, 0.3) is 0 Å². The molecule has 1 unspecified atom stereocenters. The van der Waals surface area contributed by atoms with Crippen molar-refractivity contribution >= 4 is 5.91 Å². The summed E-state index contributed by atoms with van der Waals surface area (Å²) in [6.45, 7) is 5.91. The van der Waals surface area contributed by atoms with Crippen LogP contribution < -0.4 is 5.32 Å². The first-order valence-electron chi connectivity index (χ1n) is 6.94. The number of nitrogens with one attached hydrogen (secondary N) is 1. The Morgan fingerprint density at radius 2 is 2.19 bits per heavy atom. The van der Waals surface area contributed by atoms with Crippen LogP contribution in [0.4, 0.5) is 0 Å².